The molecule has 6 nitrogen and oxygen atoms in total. The lowest BCUT2D eigenvalue weighted by Gasteiger charge is -2.11. The van der Waals surface area contributed by atoms with Crippen LogP contribution in [0.15, 0.2) is 16.6 Å². The van der Waals surface area contributed by atoms with Gasteiger partial charge in [-0.2, -0.15) is 0 Å². The Morgan fingerprint density at radius 1 is 1.56 bits per heavy atom. The van der Waals surface area contributed by atoms with Gasteiger partial charge < -0.3 is 10.2 Å². The average molecular weight is 290 g/mol. The van der Waals surface area contributed by atoms with Gasteiger partial charge in [-0.05, 0) is 13.0 Å². The molecule has 0 amide bonds. The predicted molar refractivity (Wildman–Crippen MR) is 58.1 cm³/mol. The van der Waals surface area contributed by atoms with Crippen LogP contribution < -0.4 is 0 Å². The first-order valence-corrected chi connectivity index (χ1v) is 4.99. The zero-order valence-electron chi connectivity index (χ0n) is 8.18. The van der Waals surface area contributed by atoms with Crippen LogP contribution in [-0.4, -0.2) is 21.1 Å². The van der Waals surface area contributed by atoms with Crippen LogP contribution in [0.5, 0.6) is 0 Å². The summed E-state index contributed by atoms with van der Waals surface area (Å²) >= 11 is 3.05. The maximum Gasteiger partial charge on any atom is 0.337 e. The number of carboxylic acids is 1. The normalized spacial score (nSPS) is 12.2. The van der Waals surface area contributed by atoms with Crippen molar-refractivity contribution in [3.63, 3.8) is 0 Å². The highest BCUT2D eigenvalue weighted by atomic mass is 79.9. The van der Waals surface area contributed by atoms with Gasteiger partial charge in [-0.1, -0.05) is 15.9 Å². The second kappa shape index (κ2) is 4.58. The molecule has 0 spiro atoms. The average Bonchev–Trinajstić information content (AvgIpc) is 2.16. The van der Waals surface area contributed by atoms with E-state index in [0.29, 0.717) is 4.47 Å². The molecule has 1 unspecified atom stereocenters. The van der Waals surface area contributed by atoms with E-state index >= 15 is 0 Å². The summed E-state index contributed by atoms with van der Waals surface area (Å²) in [6, 6.07) is 2.59. The minimum absolute atomic E-state index is 0.00157. The Kier molecular flexibility index (Phi) is 3.61. The quantitative estimate of drug-likeness (QED) is 0.652. The number of hydrogen-bond donors (Lipinski definition) is 2. The smallest absolute Gasteiger partial charge is 0.337 e. The third-order valence-electron chi connectivity index (χ3n) is 2.14. The molecule has 16 heavy (non-hydrogen) atoms. The minimum atomic E-state index is -1.78. The fourth-order valence-corrected chi connectivity index (χ4v) is 1.99. The number of nitro groups is 1. The molecule has 0 aliphatic rings. The van der Waals surface area contributed by atoms with Crippen LogP contribution in [-0.2, 0) is 4.79 Å². The van der Waals surface area contributed by atoms with E-state index in [1.807, 2.05) is 0 Å². The fourth-order valence-electron chi connectivity index (χ4n) is 1.34. The first-order chi connectivity index (χ1) is 7.36. The number of nitro benzene ring substituents is 1. The van der Waals surface area contributed by atoms with Crippen molar-refractivity contribution in [3.05, 3.63) is 37.8 Å². The van der Waals surface area contributed by atoms with Crippen molar-refractivity contribution < 1.29 is 19.9 Å². The van der Waals surface area contributed by atoms with Crippen LogP contribution in [0, 0.1) is 17.0 Å². The van der Waals surface area contributed by atoms with E-state index in [9.17, 15) is 20.0 Å². The van der Waals surface area contributed by atoms with Gasteiger partial charge in [0.1, 0.15) is 0 Å². The highest BCUT2D eigenvalue weighted by molar-refractivity contribution is 9.10. The Hall–Kier alpha value is -1.47. The summed E-state index contributed by atoms with van der Waals surface area (Å²) in [6.07, 6.45) is -1.78. The molecule has 7 heteroatoms. The summed E-state index contributed by atoms with van der Waals surface area (Å²) in [6.45, 7) is 1.39. The van der Waals surface area contributed by atoms with Gasteiger partial charge >= 0.3 is 5.97 Å². The van der Waals surface area contributed by atoms with Crippen LogP contribution in [0.3, 0.4) is 0 Å². The van der Waals surface area contributed by atoms with Crippen LogP contribution >= 0.6 is 15.9 Å². The Labute approximate surface area is 98.8 Å². The lowest BCUT2D eigenvalue weighted by molar-refractivity contribution is -0.385. The summed E-state index contributed by atoms with van der Waals surface area (Å²) < 4.78 is 0.325. The zero-order chi connectivity index (χ0) is 12.5. The van der Waals surface area contributed by atoms with Crippen molar-refractivity contribution in [1.29, 1.82) is 0 Å². The van der Waals surface area contributed by atoms with Gasteiger partial charge in [0.15, 0.2) is 6.10 Å². The van der Waals surface area contributed by atoms with E-state index < -0.39 is 17.0 Å². The summed E-state index contributed by atoms with van der Waals surface area (Å²) in [5, 5.41) is 28.7. The third kappa shape index (κ3) is 2.20. The minimum Gasteiger partial charge on any atom is -0.479 e. The number of aliphatic carboxylic acids is 1. The number of benzene rings is 1. The molecule has 2 N–H and O–H groups in total. The lowest BCUT2D eigenvalue weighted by atomic mass is 10.0. The van der Waals surface area contributed by atoms with Crippen LogP contribution in [0.1, 0.15) is 17.2 Å². The Morgan fingerprint density at radius 2 is 2.12 bits per heavy atom. The zero-order valence-corrected chi connectivity index (χ0v) is 9.76. The predicted octanol–water partition coefficient (Wildman–Crippen LogP) is 1.78. The Balaban J connectivity index is 3.43. The van der Waals surface area contributed by atoms with E-state index in [1.165, 1.54) is 19.1 Å². The molecular weight excluding hydrogens is 282 g/mol. The van der Waals surface area contributed by atoms with Gasteiger partial charge in [-0.25, -0.2) is 4.79 Å². The SMILES string of the molecule is Cc1c([N+](=O)[O-])ccc(Br)c1C(O)C(=O)O. The summed E-state index contributed by atoms with van der Waals surface area (Å²) in [5.41, 5.74) is -0.0884. The van der Waals surface area contributed by atoms with E-state index in [1.54, 1.807) is 0 Å². The van der Waals surface area contributed by atoms with E-state index in [-0.39, 0.29) is 16.8 Å². The Bertz CT molecular complexity index is 459. The highest BCUT2D eigenvalue weighted by Crippen LogP contribution is 2.32. The summed E-state index contributed by atoms with van der Waals surface area (Å²) in [5.74, 6) is -1.45. The number of hydrogen-bond acceptors (Lipinski definition) is 4. The van der Waals surface area contributed by atoms with Gasteiger partial charge in [0, 0.05) is 21.7 Å². The molecule has 1 aromatic rings. The molecule has 1 rings (SSSR count). The molecule has 0 aliphatic carbocycles. The number of halogens is 1. The van der Waals surface area contributed by atoms with Crippen molar-refractivity contribution in [2.45, 2.75) is 13.0 Å². The molecule has 0 aromatic heterocycles. The van der Waals surface area contributed by atoms with Crippen LogP contribution in [0.2, 0.25) is 0 Å². The van der Waals surface area contributed by atoms with Gasteiger partial charge in [0.2, 0.25) is 0 Å². The largest absolute Gasteiger partial charge is 0.479 e. The maximum absolute atomic E-state index is 10.6. The molecule has 0 bridgehead atoms. The molecule has 0 saturated heterocycles. The monoisotopic (exact) mass is 289 g/mol. The second-order valence-corrected chi connectivity index (χ2v) is 3.96. The lowest BCUT2D eigenvalue weighted by Crippen LogP contribution is -2.13. The standard InChI is InChI=1S/C9H8BrNO5/c1-4-6(11(15)16)3-2-5(10)7(4)8(12)9(13)14/h2-3,8,12H,1H3,(H,13,14). The van der Waals surface area contributed by atoms with Crippen molar-refractivity contribution in [1.82, 2.24) is 0 Å². The summed E-state index contributed by atoms with van der Waals surface area (Å²) in [7, 11) is 0. The topological polar surface area (TPSA) is 101 Å². The molecular formula is C9H8BrNO5. The molecule has 0 heterocycles. The van der Waals surface area contributed by atoms with Crippen LogP contribution in [0.4, 0.5) is 5.69 Å². The molecule has 1 atom stereocenters. The van der Waals surface area contributed by atoms with E-state index in [2.05, 4.69) is 15.9 Å². The molecule has 86 valence electrons. The van der Waals surface area contributed by atoms with Gasteiger partial charge in [-0.3, -0.25) is 10.1 Å². The number of nitrogens with zero attached hydrogens (tertiary/aromatic N) is 1. The van der Waals surface area contributed by atoms with Gasteiger partial charge in [-0.15, -0.1) is 0 Å². The number of carbonyl (C=O) groups is 1. The molecule has 0 fully saturated rings. The van der Waals surface area contributed by atoms with E-state index in [0.717, 1.165) is 0 Å². The number of carboxylic acid groups (broad SMARTS) is 1. The maximum atomic E-state index is 10.6. The van der Waals surface area contributed by atoms with Crippen LogP contribution in [0.25, 0.3) is 0 Å². The van der Waals surface area contributed by atoms with Crippen molar-refractivity contribution in [2.24, 2.45) is 0 Å². The van der Waals surface area contributed by atoms with Gasteiger partial charge in [0.25, 0.3) is 5.69 Å². The molecule has 1 aromatic carbocycles. The fraction of sp³-hybridized carbons (Fsp3) is 0.222. The molecule has 0 aliphatic heterocycles. The summed E-state index contributed by atoms with van der Waals surface area (Å²) in [4.78, 5) is 20.7. The number of rotatable bonds is 3. The van der Waals surface area contributed by atoms with Crippen molar-refractivity contribution in [2.75, 3.05) is 0 Å². The number of aliphatic hydroxyl groups is 1. The molecule has 0 saturated carbocycles. The van der Waals surface area contributed by atoms with Crippen molar-refractivity contribution in [3.8, 4) is 0 Å². The highest BCUT2D eigenvalue weighted by Gasteiger charge is 2.25. The van der Waals surface area contributed by atoms with Crippen molar-refractivity contribution >= 4 is 27.6 Å². The third-order valence-corrected chi connectivity index (χ3v) is 2.83. The first-order valence-electron chi connectivity index (χ1n) is 4.20. The Morgan fingerprint density at radius 3 is 2.56 bits per heavy atom. The van der Waals surface area contributed by atoms with Gasteiger partial charge in [0.05, 0.1) is 4.92 Å². The first kappa shape index (κ1) is 12.6. The number of aliphatic hydroxyl groups excluding tert-OH is 1. The molecule has 0 radical (unpaired) electrons. The second-order valence-electron chi connectivity index (χ2n) is 3.10. The van der Waals surface area contributed by atoms with E-state index in [4.69, 9.17) is 5.11 Å².